The van der Waals surface area contributed by atoms with Crippen LogP contribution in [0.3, 0.4) is 0 Å². The molecule has 0 atom stereocenters. The van der Waals surface area contributed by atoms with Crippen molar-refractivity contribution in [2.45, 2.75) is 6.92 Å². The lowest BCUT2D eigenvalue weighted by atomic mass is 10.1. The summed E-state index contributed by atoms with van der Waals surface area (Å²) < 4.78 is 10.6. The molecule has 0 amide bonds. The molecule has 1 aromatic heterocycles. The fourth-order valence-corrected chi connectivity index (χ4v) is 3.28. The maximum Gasteiger partial charge on any atom is 0.204 e. The fourth-order valence-electron chi connectivity index (χ4n) is 2.47. The largest absolute Gasteiger partial charge is 0.506 e. The van der Waals surface area contributed by atoms with Gasteiger partial charge in [0.1, 0.15) is 26.2 Å². The highest BCUT2D eigenvalue weighted by atomic mass is 35.5. The molecule has 0 bridgehead atoms. The van der Waals surface area contributed by atoms with Crippen LogP contribution in [0.1, 0.15) is 5.56 Å². The summed E-state index contributed by atoms with van der Waals surface area (Å²) in [6.07, 6.45) is 0. The van der Waals surface area contributed by atoms with Crippen LogP contribution in [-0.4, -0.2) is 17.3 Å². The molecule has 0 fully saturated rings. The first kappa shape index (κ1) is 16.1. The zero-order valence-electron chi connectivity index (χ0n) is 11.8. The molecule has 0 spiro atoms. The third-order valence-electron chi connectivity index (χ3n) is 3.53. The third-order valence-corrected chi connectivity index (χ3v) is 4.59. The molecule has 120 valence electrons. The predicted molar refractivity (Wildman–Crippen MR) is 89.6 cm³/mol. The molecular weight excluding hydrogens is 367 g/mol. The third kappa shape index (κ3) is 2.11. The molecule has 3 aromatic rings. The van der Waals surface area contributed by atoms with Crippen molar-refractivity contribution < 1.29 is 19.4 Å². The van der Waals surface area contributed by atoms with Crippen molar-refractivity contribution in [3.8, 4) is 17.2 Å². The van der Waals surface area contributed by atoms with Crippen LogP contribution in [0.5, 0.6) is 17.2 Å². The molecule has 2 aromatic carbocycles. The Kier molecular flexibility index (Phi) is 3.75. The maximum atomic E-state index is 12.8. The molecule has 5 nitrogen and oxygen atoms in total. The van der Waals surface area contributed by atoms with Gasteiger partial charge in [0.2, 0.25) is 5.43 Å². The van der Waals surface area contributed by atoms with Crippen LogP contribution < -0.4 is 10.2 Å². The fraction of sp³-hybridized carbons (Fsp3) is 0.133. The Balaban J connectivity index is 2.71. The van der Waals surface area contributed by atoms with E-state index in [2.05, 4.69) is 0 Å². The van der Waals surface area contributed by atoms with Gasteiger partial charge in [0.25, 0.3) is 0 Å². The van der Waals surface area contributed by atoms with Gasteiger partial charge >= 0.3 is 0 Å². The van der Waals surface area contributed by atoms with Gasteiger partial charge in [0, 0.05) is 0 Å². The Hall–Kier alpha value is -1.82. The number of rotatable bonds is 1. The van der Waals surface area contributed by atoms with Gasteiger partial charge in [-0.2, -0.15) is 0 Å². The number of aromatic hydroxyl groups is 2. The van der Waals surface area contributed by atoms with Crippen LogP contribution in [0.15, 0.2) is 15.3 Å². The number of phenolic OH excluding ortho intramolecular Hbond substituents is 2. The summed E-state index contributed by atoms with van der Waals surface area (Å²) in [6, 6.07) is 1.33. The minimum Gasteiger partial charge on any atom is -0.506 e. The summed E-state index contributed by atoms with van der Waals surface area (Å²) in [5.41, 5.74) is -0.299. The zero-order valence-corrected chi connectivity index (χ0v) is 14.1. The molecular formula is C15H9Cl3O5. The molecule has 0 saturated heterocycles. The Morgan fingerprint density at radius 3 is 2.26 bits per heavy atom. The smallest absolute Gasteiger partial charge is 0.204 e. The molecule has 23 heavy (non-hydrogen) atoms. The van der Waals surface area contributed by atoms with E-state index in [4.69, 9.17) is 44.0 Å². The summed E-state index contributed by atoms with van der Waals surface area (Å²) in [7, 11) is 1.31. The molecule has 8 heteroatoms. The maximum absolute atomic E-state index is 12.8. The van der Waals surface area contributed by atoms with Crippen LogP contribution in [0.2, 0.25) is 15.1 Å². The van der Waals surface area contributed by atoms with E-state index in [0.717, 1.165) is 0 Å². The number of methoxy groups -OCH3 is 1. The number of hydrogen-bond donors (Lipinski definition) is 2. The average molecular weight is 376 g/mol. The Morgan fingerprint density at radius 2 is 1.65 bits per heavy atom. The number of hydrogen-bond acceptors (Lipinski definition) is 5. The number of phenols is 2. The van der Waals surface area contributed by atoms with Gasteiger partial charge in [-0.05, 0) is 18.6 Å². The number of aryl methyl sites for hydroxylation is 1. The summed E-state index contributed by atoms with van der Waals surface area (Å²) in [5.74, 6) is -0.767. The summed E-state index contributed by atoms with van der Waals surface area (Å²) in [5, 5.41) is 19.6. The topological polar surface area (TPSA) is 79.9 Å². The molecule has 0 unspecified atom stereocenters. The zero-order chi connectivity index (χ0) is 17.0. The second-order valence-electron chi connectivity index (χ2n) is 4.88. The predicted octanol–water partition coefficient (Wildman–Crippen LogP) is 4.63. The molecule has 1 heterocycles. The van der Waals surface area contributed by atoms with Gasteiger partial charge in [0.05, 0.1) is 12.5 Å². The first-order valence-corrected chi connectivity index (χ1v) is 7.45. The van der Waals surface area contributed by atoms with Crippen LogP contribution in [-0.2, 0) is 0 Å². The Morgan fingerprint density at radius 1 is 1.04 bits per heavy atom. The van der Waals surface area contributed by atoms with Crippen molar-refractivity contribution in [1.29, 1.82) is 0 Å². The molecule has 0 aliphatic heterocycles. The van der Waals surface area contributed by atoms with E-state index in [0.29, 0.717) is 5.56 Å². The van der Waals surface area contributed by atoms with Gasteiger partial charge in [-0.3, -0.25) is 4.79 Å². The number of benzene rings is 2. The molecule has 2 N–H and O–H groups in total. The summed E-state index contributed by atoms with van der Waals surface area (Å²) in [4.78, 5) is 12.8. The van der Waals surface area contributed by atoms with Crippen molar-refractivity contribution >= 4 is 56.7 Å². The summed E-state index contributed by atoms with van der Waals surface area (Å²) >= 11 is 18.2. The first-order chi connectivity index (χ1) is 10.8. The van der Waals surface area contributed by atoms with E-state index in [1.165, 1.54) is 13.2 Å². The number of halogens is 3. The highest BCUT2D eigenvalue weighted by Gasteiger charge is 2.25. The van der Waals surface area contributed by atoms with E-state index in [-0.39, 0.29) is 48.5 Å². The molecule has 0 radical (unpaired) electrons. The van der Waals surface area contributed by atoms with Gasteiger partial charge in [-0.1, -0.05) is 34.8 Å². The molecule has 0 saturated carbocycles. The Bertz CT molecular complexity index is 1040. The molecule has 3 rings (SSSR count). The second kappa shape index (κ2) is 5.37. The SMILES string of the molecule is COc1c(Cl)c(O)c2c(=O)c3c(C)cc(O)c(Cl)c3oc2c1Cl. The highest BCUT2D eigenvalue weighted by molar-refractivity contribution is 6.42. The second-order valence-corrected chi connectivity index (χ2v) is 6.01. The molecule has 0 aliphatic carbocycles. The minimum atomic E-state index is -0.565. The van der Waals surface area contributed by atoms with Gasteiger partial charge in [-0.15, -0.1) is 0 Å². The highest BCUT2D eigenvalue weighted by Crippen LogP contribution is 2.46. The van der Waals surface area contributed by atoms with E-state index in [1.807, 2.05) is 0 Å². The van der Waals surface area contributed by atoms with Crippen LogP contribution in [0.4, 0.5) is 0 Å². The normalized spacial score (nSPS) is 11.3. The first-order valence-electron chi connectivity index (χ1n) is 6.32. The van der Waals surface area contributed by atoms with E-state index >= 15 is 0 Å². The van der Waals surface area contributed by atoms with Gasteiger partial charge in [-0.25, -0.2) is 0 Å². The lowest BCUT2D eigenvalue weighted by Gasteiger charge is -2.12. The summed E-state index contributed by atoms with van der Waals surface area (Å²) in [6.45, 7) is 1.60. The lowest BCUT2D eigenvalue weighted by molar-refractivity contribution is 0.409. The van der Waals surface area contributed by atoms with E-state index in [1.54, 1.807) is 6.92 Å². The van der Waals surface area contributed by atoms with Gasteiger partial charge < -0.3 is 19.4 Å². The van der Waals surface area contributed by atoms with E-state index < -0.39 is 11.2 Å². The Labute approximate surface area is 144 Å². The van der Waals surface area contributed by atoms with Crippen molar-refractivity contribution in [1.82, 2.24) is 0 Å². The number of fused-ring (bicyclic) bond motifs is 2. The lowest BCUT2D eigenvalue weighted by Crippen LogP contribution is -2.06. The minimum absolute atomic E-state index is 0.0335. The van der Waals surface area contributed by atoms with Crippen LogP contribution in [0, 0.1) is 6.92 Å². The molecule has 0 aliphatic rings. The average Bonchev–Trinajstić information content (AvgIpc) is 2.50. The van der Waals surface area contributed by atoms with Gasteiger partial charge in [0.15, 0.2) is 22.7 Å². The monoisotopic (exact) mass is 374 g/mol. The quantitative estimate of drug-likeness (QED) is 0.606. The van der Waals surface area contributed by atoms with Crippen LogP contribution >= 0.6 is 34.8 Å². The van der Waals surface area contributed by atoms with Crippen molar-refractivity contribution in [2.24, 2.45) is 0 Å². The van der Waals surface area contributed by atoms with Crippen molar-refractivity contribution in [3.63, 3.8) is 0 Å². The standard InChI is InChI=1S/C15H9Cl3O5/c1-4-3-5(19)8(16)13-6(4)11(20)7-12(21)9(17)15(22-2)10(18)14(7)23-13/h3,19,21H,1-2H3. The van der Waals surface area contributed by atoms with Crippen molar-refractivity contribution in [3.05, 3.63) is 36.9 Å². The van der Waals surface area contributed by atoms with Crippen LogP contribution in [0.25, 0.3) is 21.9 Å². The van der Waals surface area contributed by atoms with E-state index in [9.17, 15) is 15.0 Å². The number of ether oxygens (including phenoxy) is 1. The van der Waals surface area contributed by atoms with Crippen molar-refractivity contribution in [2.75, 3.05) is 7.11 Å².